The molecule has 0 aromatic heterocycles. The van der Waals surface area contributed by atoms with E-state index >= 15 is 0 Å². The Kier molecular flexibility index (Phi) is 5.73. The molecule has 132 valence electrons. The van der Waals surface area contributed by atoms with Gasteiger partial charge in [0.05, 0.1) is 5.56 Å². The quantitative estimate of drug-likeness (QED) is 0.635. The molecule has 0 radical (unpaired) electrons. The highest BCUT2D eigenvalue weighted by Gasteiger charge is 2.31. The topological polar surface area (TPSA) is 41.1 Å². The monoisotopic (exact) mass is 370 g/mol. The van der Waals surface area contributed by atoms with Crippen LogP contribution in [0, 0.1) is 12.7 Å². The molecule has 0 fully saturated rings. The molecule has 2 N–H and O–H groups in total. The Morgan fingerprint density at radius 1 is 1.12 bits per heavy atom. The summed E-state index contributed by atoms with van der Waals surface area (Å²) >= 11 is 4.94. The fourth-order valence-corrected chi connectivity index (χ4v) is 2.19. The molecule has 25 heavy (non-hydrogen) atoms. The van der Waals surface area contributed by atoms with Crippen molar-refractivity contribution >= 4 is 23.2 Å². The molecule has 2 aromatic carbocycles. The number of hydrogen-bond acceptors (Lipinski definition) is 2. The predicted octanol–water partition coefficient (Wildman–Crippen LogP) is 3.96. The van der Waals surface area contributed by atoms with Crippen molar-refractivity contribution in [2.24, 2.45) is 0 Å². The lowest BCUT2D eigenvalue weighted by molar-refractivity contribution is -0.137. The first-order valence-corrected chi connectivity index (χ1v) is 7.58. The van der Waals surface area contributed by atoms with Gasteiger partial charge in [0.15, 0.2) is 5.11 Å². The number of thiocarbonyl (C=S) groups is 1. The van der Waals surface area contributed by atoms with Crippen LogP contribution in [-0.2, 0) is 12.7 Å². The molecule has 0 saturated carbocycles. The first-order valence-electron chi connectivity index (χ1n) is 7.17. The number of rotatable bonds is 3. The number of carbonyl (C=O) groups is 1. The third-order valence-electron chi connectivity index (χ3n) is 3.28. The minimum Gasteiger partial charge on any atom is -0.358 e. The number of aryl methyl sites for hydroxylation is 1. The van der Waals surface area contributed by atoms with E-state index in [4.69, 9.17) is 12.2 Å². The van der Waals surface area contributed by atoms with Crippen LogP contribution in [-0.4, -0.2) is 11.0 Å². The first-order chi connectivity index (χ1) is 11.6. The number of carbonyl (C=O) groups excluding carboxylic acids is 1. The Bertz CT molecular complexity index is 788. The predicted molar refractivity (Wildman–Crippen MR) is 89.5 cm³/mol. The van der Waals surface area contributed by atoms with Gasteiger partial charge in [-0.2, -0.15) is 13.2 Å². The van der Waals surface area contributed by atoms with Crippen LogP contribution in [0.15, 0.2) is 42.5 Å². The second-order valence-electron chi connectivity index (χ2n) is 5.35. The van der Waals surface area contributed by atoms with E-state index in [-0.39, 0.29) is 17.2 Å². The van der Waals surface area contributed by atoms with E-state index in [1.54, 1.807) is 24.3 Å². The minimum absolute atomic E-state index is 0.0549. The van der Waals surface area contributed by atoms with Crippen LogP contribution in [0.2, 0.25) is 0 Å². The first kappa shape index (κ1) is 18.9. The maximum atomic E-state index is 13.3. The highest BCUT2D eigenvalue weighted by Crippen LogP contribution is 2.30. The van der Waals surface area contributed by atoms with Gasteiger partial charge in [0.1, 0.15) is 5.82 Å². The summed E-state index contributed by atoms with van der Waals surface area (Å²) in [6, 6.07) is 8.96. The summed E-state index contributed by atoms with van der Waals surface area (Å²) in [5.41, 5.74) is 0.349. The second-order valence-corrected chi connectivity index (χ2v) is 5.76. The lowest BCUT2D eigenvalue weighted by Gasteiger charge is -2.12. The molecule has 0 atom stereocenters. The van der Waals surface area contributed by atoms with Gasteiger partial charge >= 0.3 is 6.18 Å². The molecule has 0 unspecified atom stereocenters. The molecule has 2 aromatic rings. The molecule has 0 heterocycles. The maximum Gasteiger partial charge on any atom is 0.416 e. The van der Waals surface area contributed by atoms with E-state index in [0.29, 0.717) is 11.6 Å². The van der Waals surface area contributed by atoms with Crippen molar-refractivity contribution < 1.29 is 22.4 Å². The van der Waals surface area contributed by atoms with Crippen molar-refractivity contribution in [3.05, 3.63) is 70.5 Å². The molecule has 0 aliphatic heterocycles. The number of nitrogens with one attached hydrogen (secondary N) is 2. The summed E-state index contributed by atoms with van der Waals surface area (Å²) in [5, 5.41) is 4.93. The Morgan fingerprint density at radius 3 is 2.36 bits per heavy atom. The summed E-state index contributed by atoms with van der Waals surface area (Å²) in [7, 11) is 0. The zero-order valence-electron chi connectivity index (χ0n) is 13.1. The molecule has 0 aliphatic rings. The molecule has 1 amide bonds. The van der Waals surface area contributed by atoms with Crippen molar-refractivity contribution in [3.63, 3.8) is 0 Å². The number of alkyl halides is 3. The number of amides is 1. The summed E-state index contributed by atoms with van der Waals surface area (Å²) in [4.78, 5) is 12.0. The zero-order chi connectivity index (χ0) is 18.6. The van der Waals surface area contributed by atoms with Gasteiger partial charge in [-0.15, -0.1) is 0 Å². The average Bonchev–Trinajstić information content (AvgIpc) is 2.52. The van der Waals surface area contributed by atoms with Gasteiger partial charge in [0, 0.05) is 12.1 Å². The van der Waals surface area contributed by atoms with E-state index in [1.807, 2.05) is 6.92 Å². The SMILES string of the molecule is Cc1ccc(C(=O)NC(=S)NCc2cc(F)cc(C(F)(F)F)c2)cc1. The largest absolute Gasteiger partial charge is 0.416 e. The van der Waals surface area contributed by atoms with Crippen LogP contribution in [0.5, 0.6) is 0 Å². The van der Waals surface area contributed by atoms with Crippen LogP contribution in [0.1, 0.15) is 27.0 Å². The minimum atomic E-state index is -4.64. The molecular weight excluding hydrogens is 356 g/mol. The van der Waals surface area contributed by atoms with Crippen molar-refractivity contribution in [3.8, 4) is 0 Å². The lowest BCUT2D eigenvalue weighted by atomic mass is 10.1. The fraction of sp³-hybridized carbons (Fsp3) is 0.176. The highest BCUT2D eigenvalue weighted by atomic mass is 32.1. The summed E-state index contributed by atoms with van der Waals surface area (Å²) in [5.74, 6) is -1.45. The second kappa shape index (κ2) is 7.60. The third-order valence-corrected chi connectivity index (χ3v) is 3.53. The number of halogens is 4. The van der Waals surface area contributed by atoms with E-state index in [0.717, 1.165) is 17.7 Å². The van der Waals surface area contributed by atoms with E-state index < -0.39 is 23.5 Å². The molecule has 8 heteroatoms. The van der Waals surface area contributed by atoms with Gasteiger partial charge in [-0.05, 0) is 55.0 Å². The van der Waals surface area contributed by atoms with Crippen LogP contribution in [0.25, 0.3) is 0 Å². The normalized spacial score (nSPS) is 11.1. The van der Waals surface area contributed by atoms with E-state index in [9.17, 15) is 22.4 Å². The van der Waals surface area contributed by atoms with Crippen molar-refractivity contribution in [1.82, 2.24) is 10.6 Å². The molecular formula is C17H14F4N2OS. The number of benzene rings is 2. The lowest BCUT2D eigenvalue weighted by Crippen LogP contribution is -2.38. The summed E-state index contributed by atoms with van der Waals surface area (Å²) in [6.07, 6.45) is -4.64. The highest BCUT2D eigenvalue weighted by molar-refractivity contribution is 7.80. The van der Waals surface area contributed by atoms with Crippen molar-refractivity contribution in [2.75, 3.05) is 0 Å². The Labute approximate surface area is 147 Å². The molecule has 0 saturated heterocycles. The molecule has 3 nitrogen and oxygen atoms in total. The Morgan fingerprint density at radius 2 is 1.76 bits per heavy atom. The van der Waals surface area contributed by atoms with E-state index in [1.165, 1.54) is 0 Å². The molecule has 2 rings (SSSR count). The third kappa shape index (κ3) is 5.53. The van der Waals surface area contributed by atoms with Crippen molar-refractivity contribution in [2.45, 2.75) is 19.6 Å². The van der Waals surface area contributed by atoms with Gasteiger partial charge in [-0.1, -0.05) is 17.7 Å². The van der Waals surface area contributed by atoms with Crippen LogP contribution < -0.4 is 10.6 Å². The van der Waals surface area contributed by atoms with Crippen LogP contribution in [0.4, 0.5) is 17.6 Å². The van der Waals surface area contributed by atoms with Gasteiger partial charge in [0.25, 0.3) is 5.91 Å². The van der Waals surface area contributed by atoms with Gasteiger partial charge in [0.2, 0.25) is 0 Å². The van der Waals surface area contributed by atoms with Gasteiger partial charge in [-0.3, -0.25) is 10.1 Å². The van der Waals surface area contributed by atoms with Gasteiger partial charge < -0.3 is 5.32 Å². The fourth-order valence-electron chi connectivity index (χ4n) is 2.02. The average molecular weight is 370 g/mol. The maximum absolute atomic E-state index is 13.3. The Balaban J connectivity index is 1.97. The van der Waals surface area contributed by atoms with Crippen molar-refractivity contribution in [1.29, 1.82) is 0 Å². The summed E-state index contributed by atoms with van der Waals surface area (Å²) in [6.45, 7) is 1.72. The zero-order valence-corrected chi connectivity index (χ0v) is 13.9. The van der Waals surface area contributed by atoms with Gasteiger partial charge in [-0.25, -0.2) is 4.39 Å². The smallest absolute Gasteiger partial charge is 0.358 e. The molecule has 0 aliphatic carbocycles. The van der Waals surface area contributed by atoms with Crippen LogP contribution >= 0.6 is 12.2 Å². The summed E-state index contributed by atoms with van der Waals surface area (Å²) < 4.78 is 51.3. The molecule has 0 spiro atoms. The molecule has 0 bridgehead atoms. The van der Waals surface area contributed by atoms with Crippen LogP contribution in [0.3, 0.4) is 0 Å². The standard InChI is InChI=1S/C17H14F4N2OS/c1-10-2-4-12(5-3-10)15(24)23-16(25)22-9-11-6-13(17(19,20)21)8-14(18)7-11/h2-8H,9H2,1H3,(H2,22,23,24,25). The number of hydrogen-bond donors (Lipinski definition) is 2. The van der Waals surface area contributed by atoms with E-state index in [2.05, 4.69) is 10.6 Å². The Hall–Kier alpha value is -2.48.